The van der Waals surface area contributed by atoms with E-state index in [9.17, 15) is 4.79 Å². The Labute approximate surface area is 98.5 Å². The van der Waals surface area contributed by atoms with Gasteiger partial charge in [-0.1, -0.05) is 17.7 Å². The van der Waals surface area contributed by atoms with Gasteiger partial charge in [-0.2, -0.15) is 0 Å². The van der Waals surface area contributed by atoms with E-state index in [0.717, 1.165) is 11.8 Å². The molecule has 0 atom stereocenters. The second-order valence-electron chi connectivity index (χ2n) is 2.97. The highest BCUT2D eigenvalue weighted by molar-refractivity contribution is 6.32. The third-order valence-corrected chi connectivity index (χ3v) is 2.13. The maximum atomic E-state index is 10.2. The van der Waals surface area contributed by atoms with Crippen molar-refractivity contribution < 1.29 is 14.6 Å². The minimum Gasteiger partial charge on any atom is -0.495 e. The number of ether oxygens (including phenoxy) is 1. The van der Waals surface area contributed by atoms with Gasteiger partial charge in [-0.05, 0) is 18.2 Å². The van der Waals surface area contributed by atoms with Gasteiger partial charge in [0.15, 0.2) is 0 Å². The molecule has 0 heterocycles. The molecule has 4 nitrogen and oxygen atoms in total. The molecule has 0 radical (unpaired) electrons. The monoisotopic (exact) mass is 241 g/mol. The van der Waals surface area contributed by atoms with Crippen LogP contribution in [0.25, 0.3) is 0 Å². The Bertz CT molecular complexity index is 404. The van der Waals surface area contributed by atoms with Crippen molar-refractivity contribution in [2.45, 2.75) is 0 Å². The molecule has 1 rings (SSSR count). The zero-order chi connectivity index (χ0) is 12.0. The van der Waals surface area contributed by atoms with Crippen molar-refractivity contribution in [2.75, 3.05) is 19.0 Å². The Balaban J connectivity index is 2.55. The summed E-state index contributed by atoms with van der Waals surface area (Å²) in [6, 6.07) is 5.26. The van der Waals surface area contributed by atoms with E-state index in [1.54, 1.807) is 25.3 Å². The number of halogens is 1. The van der Waals surface area contributed by atoms with Crippen molar-refractivity contribution in [3.05, 3.63) is 35.4 Å². The molecule has 0 saturated heterocycles. The van der Waals surface area contributed by atoms with E-state index in [1.807, 2.05) is 0 Å². The average Bonchev–Trinajstić information content (AvgIpc) is 2.24. The van der Waals surface area contributed by atoms with Crippen LogP contribution in [-0.4, -0.2) is 24.7 Å². The molecule has 0 aliphatic carbocycles. The van der Waals surface area contributed by atoms with Gasteiger partial charge in [0.1, 0.15) is 5.75 Å². The number of nitrogens with one attached hydrogen (secondary N) is 1. The number of hydrogen-bond donors (Lipinski definition) is 2. The molecule has 1 aromatic rings. The Morgan fingerprint density at radius 3 is 2.94 bits per heavy atom. The van der Waals surface area contributed by atoms with Crippen molar-refractivity contribution in [1.29, 1.82) is 0 Å². The van der Waals surface area contributed by atoms with Crippen molar-refractivity contribution in [3.63, 3.8) is 0 Å². The zero-order valence-electron chi connectivity index (χ0n) is 8.74. The van der Waals surface area contributed by atoms with E-state index in [0.29, 0.717) is 17.3 Å². The second-order valence-corrected chi connectivity index (χ2v) is 3.38. The minimum atomic E-state index is -0.963. The van der Waals surface area contributed by atoms with Crippen LogP contribution in [0.3, 0.4) is 0 Å². The van der Waals surface area contributed by atoms with Crippen molar-refractivity contribution in [2.24, 2.45) is 0 Å². The molecule has 0 aliphatic rings. The summed E-state index contributed by atoms with van der Waals surface area (Å²) in [5.74, 6) is -0.358. The molecule has 5 heteroatoms. The molecule has 1 aromatic carbocycles. The van der Waals surface area contributed by atoms with Crippen LogP contribution in [0.1, 0.15) is 0 Å². The van der Waals surface area contributed by atoms with E-state index in [4.69, 9.17) is 21.4 Å². The molecule has 0 aliphatic heterocycles. The van der Waals surface area contributed by atoms with Crippen LogP contribution >= 0.6 is 11.6 Å². The van der Waals surface area contributed by atoms with Crippen LogP contribution in [-0.2, 0) is 4.79 Å². The molecule has 0 aromatic heterocycles. The lowest BCUT2D eigenvalue weighted by molar-refractivity contribution is -0.131. The van der Waals surface area contributed by atoms with Gasteiger partial charge in [0, 0.05) is 18.3 Å². The van der Waals surface area contributed by atoms with Gasteiger partial charge in [0.25, 0.3) is 0 Å². The maximum Gasteiger partial charge on any atom is 0.328 e. The normalized spacial score (nSPS) is 10.4. The predicted molar refractivity (Wildman–Crippen MR) is 63.3 cm³/mol. The van der Waals surface area contributed by atoms with Crippen LogP contribution < -0.4 is 10.1 Å². The molecular formula is C11H12ClNO3. The van der Waals surface area contributed by atoms with Gasteiger partial charge < -0.3 is 15.2 Å². The van der Waals surface area contributed by atoms with Crippen LogP contribution in [0.15, 0.2) is 30.4 Å². The highest BCUT2D eigenvalue weighted by Gasteiger charge is 2.00. The Morgan fingerprint density at radius 2 is 2.38 bits per heavy atom. The Kier molecular flexibility index (Phi) is 4.66. The fourth-order valence-corrected chi connectivity index (χ4v) is 1.37. The van der Waals surface area contributed by atoms with Crippen molar-refractivity contribution in [1.82, 2.24) is 0 Å². The Hall–Kier alpha value is -1.68. The SMILES string of the molecule is COc1ccc(NC/C=C/C(=O)O)cc1Cl. The molecule has 2 N–H and O–H groups in total. The van der Waals surface area contributed by atoms with Crippen molar-refractivity contribution >= 4 is 23.3 Å². The van der Waals surface area contributed by atoms with Gasteiger partial charge in [-0.3, -0.25) is 0 Å². The first kappa shape index (κ1) is 12.4. The van der Waals surface area contributed by atoms with Crippen LogP contribution in [0.2, 0.25) is 5.02 Å². The lowest BCUT2D eigenvalue weighted by Crippen LogP contribution is -1.99. The van der Waals surface area contributed by atoms with E-state index >= 15 is 0 Å². The zero-order valence-corrected chi connectivity index (χ0v) is 9.49. The van der Waals surface area contributed by atoms with Crippen LogP contribution in [0.5, 0.6) is 5.75 Å². The summed E-state index contributed by atoms with van der Waals surface area (Å²) in [6.07, 6.45) is 2.60. The average molecular weight is 242 g/mol. The summed E-state index contributed by atoms with van der Waals surface area (Å²) in [4.78, 5) is 10.2. The minimum absolute atomic E-state index is 0.426. The first-order chi connectivity index (χ1) is 7.63. The summed E-state index contributed by atoms with van der Waals surface area (Å²) in [5, 5.41) is 11.9. The molecule has 16 heavy (non-hydrogen) atoms. The number of aliphatic carboxylic acids is 1. The highest BCUT2D eigenvalue weighted by atomic mass is 35.5. The number of methoxy groups -OCH3 is 1. The molecular weight excluding hydrogens is 230 g/mol. The molecule has 0 spiro atoms. The standard InChI is InChI=1S/C11H12ClNO3/c1-16-10-5-4-8(7-9(10)12)13-6-2-3-11(14)15/h2-5,7,13H,6H2,1H3,(H,14,15)/b3-2+. The van der Waals surface area contributed by atoms with Crippen LogP contribution in [0, 0.1) is 0 Å². The number of rotatable bonds is 5. The van der Waals surface area contributed by atoms with E-state index in [-0.39, 0.29) is 0 Å². The van der Waals surface area contributed by atoms with Gasteiger partial charge in [0.05, 0.1) is 12.1 Å². The van der Waals surface area contributed by atoms with Gasteiger partial charge in [-0.15, -0.1) is 0 Å². The number of anilines is 1. The van der Waals surface area contributed by atoms with Gasteiger partial charge in [-0.25, -0.2) is 4.79 Å². The first-order valence-corrected chi connectivity index (χ1v) is 4.98. The van der Waals surface area contributed by atoms with Gasteiger partial charge >= 0.3 is 5.97 Å². The smallest absolute Gasteiger partial charge is 0.328 e. The molecule has 0 saturated carbocycles. The lowest BCUT2D eigenvalue weighted by Gasteiger charge is -2.06. The number of carbonyl (C=O) groups is 1. The first-order valence-electron chi connectivity index (χ1n) is 4.60. The van der Waals surface area contributed by atoms with Gasteiger partial charge in [0.2, 0.25) is 0 Å². The van der Waals surface area contributed by atoms with Crippen molar-refractivity contribution in [3.8, 4) is 5.75 Å². The van der Waals surface area contributed by atoms with E-state index in [1.165, 1.54) is 6.08 Å². The summed E-state index contributed by atoms with van der Waals surface area (Å²) in [5.41, 5.74) is 0.806. The topological polar surface area (TPSA) is 58.6 Å². The molecule has 0 fully saturated rings. The van der Waals surface area contributed by atoms with E-state index in [2.05, 4.69) is 5.32 Å². The number of carboxylic acids is 1. The number of carboxylic acid groups (broad SMARTS) is 1. The van der Waals surface area contributed by atoms with E-state index < -0.39 is 5.97 Å². The molecule has 0 amide bonds. The summed E-state index contributed by atoms with van der Waals surface area (Å²) in [6.45, 7) is 0.426. The Morgan fingerprint density at radius 1 is 1.62 bits per heavy atom. The summed E-state index contributed by atoms with van der Waals surface area (Å²) < 4.78 is 5.01. The number of hydrogen-bond acceptors (Lipinski definition) is 3. The molecule has 0 bridgehead atoms. The number of benzene rings is 1. The second kappa shape index (κ2) is 6.02. The highest BCUT2D eigenvalue weighted by Crippen LogP contribution is 2.26. The molecule has 86 valence electrons. The summed E-state index contributed by atoms with van der Waals surface area (Å²) in [7, 11) is 1.55. The maximum absolute atomic E-state index is 10.2. The summed E-state index contributed by atoms with van der Waals surface area (Å²) >= 11 is 5.92. The fraction of sp³-hybridized carbons (Fsp3) is 0.182. The lowest BCUT2D eigenvalue weighted by atomic mass is 10.3. The quantitative estimate of drug-likeness (QED) is 0.778. The predicted octanol–water partition coefficient (Wildman–Crippen LogP) is 2.40. The largest absolute Gasteiger partial charge is 0.495 e. The third kappa shape index (κ3) is 3.82. The molecule has 0 unspecified atom stereocenters. The van der Waals surface area contributed by atoms with Crippen LogP contribution in [0.4, 0.5) is 5.69 Å². The fourth-order valence-electron chi connectivity index (χ4n) is 1.11. The third-order valence-electron chi connectivity index (χ3n) is 1.84.